The molecule has 0 aliphatic carbocycles. The molecule has 2 aromatic carbocycles. The highest BCUT2D eigenvalue weighted by Crippen LogP contribution is 2.29. The van der Waals surface area contributed by atoms with Gasteiger partial charge in [-0.05, 0) is 31.5 Å². The second-order valence-corrected chi connectivity index (χ2v) is 6.47. The van der Waals surface area contributed by atoms with Crippen LogP contribution in [0.3, 0.4) is 0 Å². The van der Waals surface area contributed by atoms with Crippen LogP contribution in [-0.4, -0.2) is 36.4 Å². The van der Waals surface area contributed by atoms with Gasteiger partial charge in [0, 0.05) is 20.5 Å². The van der Waals surface area contributed by atoms with Gasteiger partial charge in [0.05, 0.1) is 11.8 Å². The van der Waals surface area contributed by atoms with E-state index in [0.29, 0.717) is 18.0 Å². The summed E-state index contributed by atoms with van der Waals surface area (Å²) >= 11 is 0. The van der Waals surface area contributed by atoms with Gasteiger partial charge < -0.3 is 9.64 Å². The van der Waals surface area contributed by atoms with E-state index >= 15 is 0 Å². The standard InChI is InChI=1S/C21H26N2O3/c1-16(2)26-20-13-9-8-12-19(20)23(17(3)24)15-21(25)22(4)14-18-10-6-5-7-11-18/h5-13,16H,14-15H2,1-4H3. The Morgan fingerprint density at radius 2 is 1.62 bits per heavy atom. The average Bonchev–Trinajstić information content (AvgIpc) is 2.60. The number of anilines is 1. The number of rotatable bonds is 7. The molecule has 26 heavy (non-hydrogen) atoms. The number of benzene rings is 2. The summed E-state index contributed by atoms with van der Waals surface area (Å²) in [7, 11) is 1.74. The van der Waals surface area contributed by atoms with Crippen molar-refractivity contribution in [2.45, 2.75) is 33.4 Å². The molecule has 0 atom stereocenters. The summed E-state index contributed by atoms with van der Waals surface area (Å²) in [4.78, 5) is 27.9. The molecule has 0 N–H and O–H groups in total. The normalized spacial score (nSPS) is 10.5. The Morgan fingerprint density at radius 1 is 1.00 bits per heavy atom. The van der Waals surface area contributed by atoms with E-state index in [4.69, 9.17) is 4.74 Å². The van der Waals surface area contributed by atoms with Crippen LogP contribution in [-0.2, 0) is 16.1 Å². The van der Waals surface area contributed by atoms with Gasteiger partial charge in [-0.1, -0.05) is 42.5 Å². The minimum atomic E-state index is -0.203. The molecule has 0 heterocycles. The minimum absolute atomic E-state index is 0.0265. The lowest BCUT2D eigenvalue weighted by Gasteiger charge is -2.26. The summed E-state index contributed by atoms with van der Waals surface area (Å²) in [6, 6.07) is 17.0. The molecule has 5 heteroatoms. The largest absolute Gasteiger partial charge is 0.489 e. The highest BCUT2D eigenvalue weighted by Gasteiger charge is 2.21. The molecule has 0 saturated heterocycles. The monoisotopic (exact) mass is 354 g/mol. The van der Waals surface area contributed by atoms with Gasteiger partial charge in [-0.25, -0.2) is 0 Å². The third-order valence-corrected chi connectivity index (χ3v) is 3.88. The van der Waals surface area contributed by atoms with E-state index in [1.54, 1.807) is 18.0 Å². The van der Waals surface area contributed by atoms with Crippen LogP contribution in [0.2, 0.25) is 0 Å². The Labute approximate surface area is 155 Å². The quantitative estimate of drug-likeness (QED) is 0.765. The van der Waals surface area contributed by atoms with Gasteiger partial charge in [-0.3, -0.25) is 14.5 Å². The van der Waals surface area contributed by atoms with Crippen molar-refractivity contribution in [3.63, 3.8) is 0 Å². The molecule has 2 rings (SSSR count). The van der Waals surface area contributed by atoms with Crippen molar-refractivity contribution in [2.75, 3.05) is 18.5 Å². The minimum Gasteiger partial charge on any atom is -0.489 e. The zero-order valence-corrected chi connectivity index (χ0v) is 15.8. The first kappa shape index (κ1) is 19.5. The second-order valence-electron chi connectivity index (χ2n) is 6.47. The van der Waals surface area contributed by atoms with Gasteiger partial charge >= 0.3 is 0 Å². The SMILES string of the molecule is CC(=O)N(CC(=O)N(C)Cc1ccccc1)c1ccccc1OC(C)C. The van der Waals surface area contributed by atoms with Crippen molar-refractivity contribution in [2.24, 2.45) is 0 Å². The fraction of sp³-hybridized carbons (Fsp3) is 0.333. The van der Waals surface area contributed by atoms with Crippen LogP contribution in [0, 0.1) is 0 Å². The number of likely N-dealkylation sites (N-methyl/N-ethyl adjacent to an activating group) is 1. The molecule has 138 valence electrons. The Hall–Kier alpha value is -2.82. The number of carbonyl (C=O) groups is 2. The summed E-state index contributed by atoms with van der Waals surface area (Å²) < 4.78 is 5.80. The van der Waals surface area contributed by atoms with Crippen molar-refractivity contribution >= 4 is 17.5 Å². The van der Waals surface area contributed by atoms with E-state index in [-0.39, 0.29) is 24.5 Å². The third-order valence-electron chi connectivity index (χ3n) is 3.88. The van der Waals surface area contributed by atoms with Crippen LogP contribution in [0.1, 0.15) is 26.3 Å². The average molecular weight is 354 g/mol. The summed E-state index contributed by atoms with van der Waals surface area (Å²) in [5.41, 5.74) is 1.65. The van der Waals surface area contributed by atoms with Crippen molar-refractivity contribution in [3.8, 4) is 5.75 Å². The highest BCUT2D eigenvalue weighted by molar-refractivity contribution is 5.98. The number of amides is 2. The van der Waals surface area contributed by atoms with Crippen LogP contribution < -0.4 is 9.64 Å². The van der Waals surface area contributed by atoms with E-state index in [9.17, 15) is 9.59 Å². The fourth-order valence-electron chi connectivity index (χ4n) is 2.60. The molecule has 0 bridgehead atoms. The Balaban J connectivity index is 2.15. The number of para-hydroxylation sites is 2. The molecular formula is C21H26N2O3. The number of carbonyl (C=O) groups excluding carboxylic acids is 2. The van der Waals surface area contributed by atoms with Gasteiger partial charge in [-0.15, -0.1) is 0 Å². The van der Waals surface area contributed by atoms with Crippen molar-refractivity contribution < 1.29 is 14.3 Å². The fourth-order valence-corrected chi connectivity index (χ4v) is 2.60. The smallest absolute Gasteiger partial charge is 0.242 e. The predicted octanol–water partition coefficient (Wildman–Crippen LogP) is 3.49. The van der Waals surface area contributed by atoms with Gasteiger partial charge in [0.1, 0.15) is 12.3 Å². The summed E-state index contributed by atoms with van der Waals surface area (Å²) in [6.45, 7) is 5.77. The summed E-state index contributed by atoms with van der Waals surface area (Å²) in [5, 5.41) is 0. The number of hydrogen-bond acceptors (Lipinski definition) is 3. The molecule has 0 saturated carbocycles. The molecular weight excluding hydrogens is 328 g/mol. The zero-order chi connectivity index (χ0) is 19.1. The molecule has 0 radical (unpaired) electrons. The topological polar surface area (TPSA) is 49.9 Å². The molecule has 0 aliphatic heterocycles. The van der Waals surface area contributed by atoms with Crippen LogP contribution in [0.25, 0.3) is 0 Å². The van der Waals surface area contributed by atoms with E-state index < -0.39 is 0 Å². The predicted molar refractivity (Wildman–Crippen MR) is 103 cm³/mol. The van der Waals surface area contributed by atoms with Gasteiger partial charge in [-0.2, -0.15) is 0 Å². The van der Waals surface area contributed by atoms with E-state index in [0.717, 1.165) is 5.56 Å². The van der Waals surface area contributed by atoms with Crippen LogP contribution >= 0.6 is 0 Å². The van der Waals surface area contributed by atoms with Crippen molar-refractivity contribution in [1.29, 1.82) is 0 Å². The van der Waals surface area contributed by atoms with Crippen LogP contribution in [0.5, 0.6) is 5.75 Å². The van der Waals surface area contributed by atoms with E-state index in [2.05, 4.69) is 0 Å². The van der Waals surface area contributed by atoms with Crippen molar-refractivity contribution in [3.05, 3.63) is 60.2 Å². The lowest BCUT2D eigenvalue weighted by molar-refractivity contribution is -0.130. The van der Waals surface area contributed by atoms with Gasteiger partial charge in [0.15, 0.2) is 0 Å². The Morgan fingerprint density at radius 3 is 2.23 bits per heavy atom. The summed E-state index contributed by atoms with van der Waals surface area (Å²) in [6.07, 6.45) is -0.0265. The Bertz CT molecular complexity index is 744. The van der Waals surface area contributed by atoms with Crippen LogP contribution in [0.15, 0.2) is 54.6 Å². The van der Waals surface area contributed by atoms with Crippen molar-refractivity contribution in [1.82, 2.24) is 4.90 Å². The lowest BCUT2D eigenvalue weighted by atomic mass is 10.2. The maximum atomic E-state index is 12.7. The maximum absolute atomic E-state index is 12.7. The first-order valence-corrected chi connectivity index (χ1v) is 8.70. The molecule has 0 unspecified atom stereocenters. The number of ether oxygens (including phenoxy) is 1. The third kappa shape index (κ3) is 5.34. The maximum Gasteiger partial charge on any atom is 0.242 e. The van der Waals surface area contributed by atoms with Gasteiger partial charge in [0.2, 0.25) is 11.8 Å². The first-order valence-electron chi connectivity index (χ1n) is 8.70. The number of nitrogens with zero attached hydrogens (tertiary/aromatic N) is 2. The molecule has 0 aliphatic rings. The molecule has 5 nitrogen and oxygen atoms in total. The zero-order valence-electron chi connectivity index (χ0n) is 15.8. The molecule has 2 aromatic rings. The molecule has 2 amide bonds. The van der Waals surface area contributed by atoms with Crippen LogP contribution in [0.4, 0.5) is 5.69 Å². The summed E-state index contributed by atoms with van der Waals surface area (Å²) in [5.74, 6) is 0.255. The lowest BCUT2D eigenvalue weighted by Crippen LogP contribution is -2.40. The second kappa shape index (κ2) is 9.04. The Kier molecular flexibility index (Phi) is 6.78. The first-order chi connectivity index (χ1) is 12.4. The molecule has 0 aromatic heterocycles. The number of hydrogen-bond donors (Lipinski definition) is 0. The van der Waals surface area contributed by atoms with E-state index in [1.807, 2.05) is 62.4 Å². The highest BCUT2D eigenvalue weighted by atomic mass is 16.5. The van der Waals surface area contributed by atoms with Gasteiger partial charge in [0.25, 0.3) is 0 Å². The molecule has 0 fully saturated rings. The van der Waals surface area contributed by atoms with E-state index in [1.165, 1.54) is 11.8 Å². The molecule has 0 spiro atoms.